The van der Waals surface area contributed by atoms with Gasteiger partial charge in [0.15, 0.2) is 11.9 Å². The molecular formula is C21H22F3N7O4S. The second kappa shape index (κ2) is 8.57. The van der Waals surface area contributed by atoms with E-state index in [0.29, 0.717) is 16.0 Å². The molecule has 36 heavy (non-hydrogen) atoms. The molecule has 0 aromatic carbocycles. The lowest BCUT2D eigenvalue weighted by molar-refractivity contribution is -0.151. The maximum Gasteiger partial charge on any atom is 0.451 e. The molecule has 0 radical (unpaired) electrons. The number of amides is 1. The number of aliphatic carboxylic acids is 1. The van der Waals surface area contributed by atoms with Crippen molar-refractivity contribution in [3.63, 3.8) is 0 Å². The van der Waals surface area contributed by atoms with E-state index in [4.69, 9.17) is 10.5 Å². The van der Waals surface area contributed by atoms with Crippen molar-refractivity contribution in [1.29, 1.82) is 0 Å². The number of rotatable bonds is 8. The fourth-order valence-corrected chi connectivity index (χ4v) is 5.54. The number of halogens is 3. The molecule has 1 aliphatic carbocycles. The van der Waals surface area contributed by atoms with Gasteiger partial charge in [-0.25, -0.2) is 0 Å². The second-order valence-corrected chi connectivity index (χ2v) is 10.00. The van der Waals surface area contributed by atoms with E-state index in [-0.39, 0.29) is 44.3 Å². The zero-order chi connectivity index (χ0) is 25.8. The first-order valence-electron chi connectivity index (χ1n) is 11.3. The summed E-state index contributed by atoms with van der Waals surface area (Å²) in [6.07, 6.45) is -3.95. The number of carboxylic acids is 1. The van der Waals surface area contributed by atoms with E-state index in [1.165, 1.54) is 11.3 Å². The number of aromatic nitrogens is 5. The van der Waals surface area contributed by atoms with Crippen LogP contribution >= 0.6 is 11.3 Å². The number of thiophene rings is 1. The van der Waals surface area contributed by atoms with Crippen LogP contribution in [-0.4, -0.2) is 54.4 Å². The van der Waals surface area contributed by atoms with Crippen LogP contribution in [0.2, 0.25) is 0 Å². The third-order valence-corrected chi connectivity index (χ3v) is 7.49. The molecule has 1 fully saturated rings. The summed E-state index contributed by atoms with van der Waals surface area (Å²) in [5, 5.41) is 17.3. The van der Waals surface area contributed by atoms with Crippen LogP contribution in [0.1, 0.15) is 42.7 Å². The van der Waals surface area contributed by atoms with Crippen molar-refractivity contribution in [3.8, 4) is 6.01 Å². The number of anilines is 1. The van der Waals surface area contributed by atoms with Gasteiger partial charge in [0.05, 0.1) is 11.9 Å². The van der Waals surface area contributed by atoms with Gasteiger partial charge in [-0.15, -0.1) is 21.5 Å². The molecule has 1 amide bonds. The van der Waals surface area contributed by atoms with Crippen molar-refractivity contribution in [3.05, 3.63) is 22.6 Å². The van der Waals surface area contributed by atoms with Crippen LogP contribution in [0, 0.1) is 5.41 Å². The molecule has 1 atom stereocenters. The van der Waals surface area contributed by atoms with Crippen LogP contribution in [0.15, 0.2) is 6.07 Å². The highest BCUT2D eigenvalue weighted by molar-refractivity contribution is 7.18. The first kappa shape index (κ1) is 24.2. The van der Waals surface area contributed by atoms with Crippen molar-refractivity contribution < 1.29 is 32.6 Å². The maximum atomic E-state index is 13.3. The van der Waals surface area contributed by atoms with Gasteiger partial charge >= 0.3 is 18.2 Å². The summed E-state index contributed by atoms with van der Waals surface area (Å²) in [6.45, 7) is 2.19. The molecule has 2 aliphatic rings. The van der Waals surface area contributed by atoms with Crippen LogP contribution < -0.4 is 15.4 Å². The minimum absolute atomic E-state index is 0.00586. The molecule has 0 bridgehead atoms. The number of carboxylic acid groups (broad SMARTS) is 1. The Bertz CT molecular complexity index is 1350. The smallest absolute Gasteiger partial charge is 0.451 e. The minimum atomic E-state index is -4.62. The SMILES string of the molecule is CCCc1cc2c(N3CCn4c(nnc4C(F)(F)F)C3)nc(OC(C(N)=O)C3(C(=O)O)CC3)nc2s1. The Hall–Kier alpha value is -3.49. The number of nitrogens with two attached hydrogens (primary N) is 1. The average molecular weight is 526 g/mol. The Kier molecular flexibility index (Phi) is 5.76. The van der Waals surface area contributed by atoms with Crippen molar-refractivity contribution in [2.75, 3.05) is 11.4 Å². The lowest BCUT2D eigenvalue weighted by Gasteiger charge is -2.29. The van der Waals surface area contributed by atoms with Crippen molar-refractivity contribution in [1.82, 2.24) is 24.7 Å². The predicted molar refractivity (Wildman–Crippen MR) is 120 cm³/mol. The van der Waals surface area contributed by atoms with E-state index in [2.05, 4.69) is 20.2 Å². The summed E-state index contributed by atoms with van der Waals surface area (Å²) >= 11 is 1.40. The quantitative estimate of drug-likeness (QED) is 0.452. The number of carbonyl (C=O) groups excluding carboxylic acids is 1. The van der Waals surface area contributed by atoms with Gasteiger partial charge in [-0.05, 0) is 25.3 Å². The van der Waals surface area contributed by atoms with Gasteiger partial charge < -0.3 is 25.0 Å². The lowest BCUT2D eigenvalue weighted by atomic mass is 9.99. The van der Waals surface area contributed by atoms with Crippen LogP contribution in [0.5, 0.6) is 6.01 Å². The predicted octanol–water partition coefficient (Wildman–Crippen LogP) is 2.37. The average Bonchev–Trinajstić information content (AvgIpc) is 3.32. The Morgan fingerprint density at radius 3 is 2.64 bits per heavy atom. The van der Waals surface area contributed by atoms with Gasteiger partial charge in [-0.3, -0.25) is 9.59 Å². The van der Waals surface area contributed by atoms with Crippen molar-refractivity contribution in [2.45, 2.75) is 58.0 Å². The summed E-state index contributed by atoms with van der Waals surface area (Å²) in [6, 6.07) is 1.70. The number of aryl methyl sites for hydroxylation is 1. The van der Waals surface area contributed by atoms with Gasteiger partial charge in [-0.1, -0.05) is 13.3 Å². The summed E-state index contributed by atoms with van der Waals surface area (Å²) < 4.78 is 46.5. The Labute approximate surface area is 206 Å². The fraction of sp³-hybridized carbons (Fsp3) is 0.524. The number of ether oxygens (including phenoxy) is 1. The fourth-order valence-electron chi connectivity index (χ4n) is 4.42. The molecule has 4 heterocycles. The van der Waals surface area contributed by atoms with Gasteiger partial charge in [0.25, 0.3) is 5.91 Å². The van der Waals surface area contributed by atoms with Crippen LogP contribution in [0.4, 0.5) is 19.0 Å². The van der Waals surface area contributed by atoms with E-state index < -0.39 is 35.4 Å². The topological polar surface area (TPSA) is 149 Å². The van der Waals surface area contributed by atoms with Crippen molar-refractivity contribution >= 4 is 39.2 Å². The third kappa shape index (κ3) is 4.10. The molecule has 11 nitrogen and oxygen atoms in total. The van der Waals surface area contributed by atoms with Gasteiger partial charge in [-0.2, -0.15) is 23.1 Å². The number of fused-ring (bicyclic) bond motifs is 2. The number of hydrogen-bond acceptors (Lipinski definition) is 9. The molecule has 3 aromatic rings. The van der Waals surface area contributed by atoms with Crippen molar-refractivity contribution in [2.24, 2.45) is 11.1 Å². The lowest BCUT2D eigenvalue weighted by Crippen LogP contribution is -2.45. The van der Waals surface area contributed by atoms with Crippen LogP contribution in [0.25, 0.3) is 10.2 Å². The molecule has 1 unspecified atom stereocenters. The highest BCUT2D eigenvalue weighted by Gasteiger charge is 2.60. The maximum absolute atomic E-state index is 13.3. The first-order chi connectivity index (χ1) is 17.0. The zero-order valence-electron chi connectivity index (χ0n) is 19.1. The molecule has 0 spiro atoms. The summed E-state index contributed by atoms with van der Waals surface area (Å²) in [5.74, 6) is -2.67. The van der Waals surface area contributed by atoms with Crippen LogP contribution in [-0.2, 0) is 35.3 Å². The van der Waals surface area contributed by atoms with E-state index in [1.807, 2.05) is 13.0 Å². The van der Waals surface area contributed by atoms with Crippen LogP contribution in [0.3, 0.4) is 0 Å². The molecular weight excluding hydrogens is 503 g/mol. The largest absolute Gasteiger partial charge is 0.481 e. The third-order valence-electron chi connectivity index (χ3n) is 6.40. The number of alkyl halides is 3. The van der Waals surface area contributed by atoms with E-state index in [9.17, 15) is 27.9 Å². The number of hydrogen-bond donors (Lipinski definition) is 2. The zero-order valence-corrected chi connectivity index (χ0v) is 19.9. The van der Waals surface area contributed by atoms with Gasteiger partial charge in [0.1, 0.15) is 16.1 Å². The summed E-state index contributed by atoms with van der Waals surface area (Å²) in [4.78, 5) is 36.1. The number of primary amides is 1. The molecule has 15 heteroatoms. The monoisotopic (exact) mass is 525 g/mol. The molecule has 0 saturated heterocycles. The molecule has 192 valence electrons. The molecule has 1 aliphatic heterocycles. The second-order valence-electron chi connectivity index (χ2n) is 8.88. The van der Waals surface area contributed by atoms with E-state index in [0.717, 1.165) is 22.3 Å². The molecule has 1 saturated carbocycles. The molecule has 3 aromatic heterocycles. The highest BCUT2D eigenvalue weighted by atomic mass is 32.1. The Balaban J connectivity index is 1.53. The van der Waals surface area contributed by atoms with E-state index >= 15 is 0 Å². The summed E-state index contributed by atoms with van der Waals surface area (Å²) in [5.41, 5.74) is 4.05. The minimum Gasteiger partial charge on any atom is -0.481 e. The van der Waals surface area contributed by atoms with Gasteiger partial charge in [0, 0.05) is 18.0 Å². The highest BCUT2D eigenvalue weighted by Crippen LogP contribution is 2.50. The first-order valence-corrected chi connectivity index (χ1v) is 12.1. The molecule has 3 N–H and O–H groups in total. The number of nitrogens with zero attached hydrogens (tertiary/aromatic N) is 6. The standard InChI is InChI=1S/C21H22F3N7O4S/c1-2-3-10-8-11-15(30-6-7-31-12(9-30)28-29-17(31)21(22,23)24)26-19(27-16(11)36-10)35-13(14(25)32)20(4-5-20)18(33)34/h8,13H,2-7,9H2,1H3,(H2,25,32)(H,33,34). The van der Waals surface area contributed by atoms with E-state index in [1.54, 1.807) is 4.90 Å². The Morgan fingerprint density at radius 2 is 2.03 bits per heavy atom. The Morgan fingerprint density at radius 1 is 1.28 bits per heavy atom. The normalized spacial score (nSPS) is 17.6. The number of carbonyl (C=O) groups is 2. The van der Waals surface area contributed by atoms with Gasteiger partial charge in [0.2, 0.25) is 5.82 Å². The molecule has 5 rings (SSSR count). The summed E-state index contributed by atoms with van der Waals surface area (Å²) in [7, 11) is 0.